The summed E-state index contributed by atoms with van der Waals surface area (Å²) in [5.74, 6) is -1.83. The van der Waals surface area contributed by atoms with Gasteiger partial charge >= 0.3 is 0 Å². The number of azide groups is 1. The first-order valence-corrected chi connectivity index (χ1v) is 15.8. The minimum atomic E-state index is -1.07. The fourth-order valence-electron chi connectivity index (χ4n) is 5.18. The molecular formula is C34H47N7O5. The number of hydrogen-bond donors (Lipinski definition) is 4. The maximum Gasteiger partial charge on any atom is 0.243 e. The van der Waals surface area contributed by atoms with Gasteiger partial charge in [0, 0.05) is 11.5 Å². The third kappa shape index (κ3) is 11.0. The SMILES string of the molecule is CC(C)C[C@H](NC(=O)C(Cc1ccccc1)N=[N+]=[N-])C(=O)N[C@@H](CC(C)C)C(=O)N[C@@H](Cc1ccc(CN)cc1)C(=O)[C@@]1(C)CO1. The van der Waals surface area contributed by atoms with Crippen molar-refractivity contribution in [3.8, 4) is 0 Å². The van der Waals surface area contributed by atoms with Crippen LogP contribution in [0.4, 0.5) is 0 Å². The fraction of sp³-hybridized carbons (Fsp3) is 0.529. The molecule has 0 saturated carbocycles. The lowest BCUT2D eigenvalue weighted by Gasteiger charge is -2.27. The van der Waals surface area contributed by atoms with Gasteiger partial charge in [-0.15, -0.1) is 0 Å². The van der Waals surface area contributed by atoms with Crippen LogP contribution in [0.3, 0.4) is 0 Å². The molecule has 2 aromatic carbocycles. The Labute approximate surface area is 270 Å². The molecule has 5 atom stereocenters. The number of nitrogens with zero attached hydrogens (tertiary/aromatic N) is 3. The van der Waals surface area contributed by atoms with Crippen LogP contribution in [0.1, 0.15) is 64.2 Å². The van der Waals surface area contributed by atoms with E-state index in [2.05, 4.69) is 26.0 Å². The van der Waals surface area contributed by atoms with Crippen LogP contribution in [0.25, 0.3) is 10.4 Å². The Morgan fingerprint density at radius 1 is 0.804 bits per heavy atom. The van der Waals surface area contributed by atoms with E-state index in [1.807, 2.05) is 82.3 Å². The molecule has 2 aromatic rings. The summed E-state index contributed by atoms with van der Waals surface area (Å²) < 4.78 is 5.41. The zero-order valence-corrected chi connectivity index (χ0v) is 27.4. The second kappa shape index (κ2) is 16.9. The second-order valence-electron chi connectivity index (χ2n) is 13.0. The van der Waals surface area contributed by atoms with Gasteiger partial charge in [0.15, 0.2) is 5.78 Å². The number of nitrogens with two attached hydrogens (primary N) is 1. The Morgan fingerprint density at radius 2 is 1.28 bits per heavy atom. The van der Waals surface area contributed by atoms with Gasteiger partial charge in [-0.3, -0.25) is 19.2 Å². The molecule has 1 unspecified atom stereocenters. The summed E-state index contributed by atoms with van der Waals surface area (Å²) in [5, 5.41) is 12.1. The molecule has 248 valence electrons. The van der Waals surface area contributed by atoms with Crippen LogP contribution in [-0.4, -0.2) is 59.9 Å². The summed E-state index contributed by atoms with van der Waals surface area (Å²) in [5.41, 5.74) is 16.5. The van der Waals surface area contributed by atoms with Crippen molar-refractivity contribution in [2.24, 2.45) is 22.7 Å². The summed E-state index contributed by atoms with van der Waals surface area (Å²) in [6, 6.07) is 12.7. The molecule has 3 amide bonds. The van der Waals surface area contributed by atoms with E-state index in [1.54, 1.807) is 6.92 Å². The number of carbonyl (C=O) groups excluding carboxylic acids is 4. The molecule has 0 radical (unpaired) electrons. The van der Waals surface area contributed by atoms with Crippen LogP contribution >= 0.6 is 0 Å². The number of benzene rings is 2. The van der Waals surface area contributed by atoms with Gasteiger partial charge in [0.1, 0.15) is 23.7 Å². The minimum Gasteiger partial charge on any atom is -0.361 e. The molecule has 0 aliphatic carbocycles. The van der Waals surface area contributed by atoms with Crippen molar-refractivity contribution in [1.82, 2.24) is 16.0 Å². The van der Waals surface area contributed by atoms with Crippen LogP contribution in [0.15, 0.2) is 59.7 Å². The number of amides is 3. The summed E-state index contributed by atoms with van der Waals surface area (Å²) in [4.78, 5) is 57.0. The van der Waals surface area contributed by atoms with Crippen molar-refractivity contribution >= 4 is 23.5 Å². The number of ketones is 1. The Morgan fingerprint density at radius 3 is 1.76 bits per heavy atom. The van der Waals surface area contributed by atoms with E-state index >= 15 is 0 Å². The zero-order valence-electron chi connectivity index (χ0n) is 27.4. The van der Waals surface area contributed by atoms with E-state index in [0.29, 0.717) is 13.0 Å². The van der Waals surface area contributed by atoms with Crippen molar-refractivity contribution in [3.05, 3.63) is 81.7 Å². The lowest BCUT2D eigenvalue weighted by atomic mass is 9.93. The number of carbonyl (C=O) groups is 4. The van der Waals surface area contributed by atoms with Crippen LogP contribution in [0.2, 0.25) is 0 Å². The summed E-state index contributed by atoms with van der Waals surface area (Å²) >= 11 is 0. The molecule has 0 aromatic heterocycles. The predicted molar refractivity (Wildman–Crippen MR) is 175 cm³/mol. The minimum absolute atomic E-state index is 0.0208. The van der Waals surface area contributed by atoms with Gasteiger partial charge in [-0.05, 0) is 66.7 Å². The Bertz CT molecular complexity index is 1390. The highest BCUT2D eigenvalue weighted by Crippen LogP contribution is 2.29. The number of hydrogen-bond acceptors (Lipinski definition) is 7. The smallest absolute Gasteiger partial charge is 0.243 e. The first-order valence-electron chi connectivity index (χ1n) is 15.8. The topological polar surface area (TPSA) is 192 Å². The highest BCUT2D eigenvalue weighted by atomic mass is 16.6. The summed E-state index contributed by atoms with van der Waals surface area (Å²) in [6.45, 7) is 10.0. The largest absolute Gasteiger partial charge is 0.361 e. The zero-order chi connectivity index (χ0) is 33.9. The van der Waals surface area contributed by atoms with Gasteiger partial charge in [-0.1, -0.05) is 87.4 Å². The fourth-order valence-corrected chi connectivity index (χ4v) is 5.18. The van der Waals surface area contributed by atoms with Gasteiger partial charge in [-0.2, -0.15) is 0 Å². The van der Waals surface area contributed by atoms with E-state index in [-0.39, 0.29) is 43.5 Å². The van der Waals surface area contributed by atoms with Crippen molar-refractivity contribution in [2.75, 3.05) is 6.61 Å². The number of ether oxygens (including phenoxy) is 1. The van der Waals surface area contributed by atoms with Crippen molar-refractivity contribution in [1.29, 1.82) is 0 Å². The van der Waals surface area contributed by atoms with Crippen LogP contribution in [-0.2, 0) is 43.3 Å². The standard InChI is InChI=1S/C34H47N7O5/c1-21(2)15-27(31(43)37-26(30(42)34(5)20-46-34)17-24-11-13-25(19-35)14-12-24)38-32(44)28(16-22(3)4)39-33(45)29(40-41-36)18-23-9-7-6-8-10-23/h6-14,21-22,26-29H,15-20,35H2,1-5H3,(H,37,43)(H,38,44)(H,39,45)/t26-,27-,28-,29?,34+/m0/s1. The maximum absolute atomic E-state index is 13.8. The van der Waals surface area contributed by atoms with Crippen molar-refractivity contribution < 1.29 is 23.9 Å². The van der Waals surface area contributed by atoms with E-state index < -0.39 is 47.5 Å². The first-order chi connectivity index (χ1) is 21.8. The van der Waals surface area contributed by atoms with E-state index in [9.17, 15) is 19.2 Å². The number of nitrogens with one attached hydrogen (secondary N) is 3. The lowest BCUT2D eigenvalue weighted by molar-refractivity contribution is -0.134. The molecule has 0 bridgehead atoms. The average molecular weight is 634 g/mol. The second-order valence-corrected chi connectivity index (χ2v) is 13.0. The Kier molecular flexibility index (Phi) is 13.3. The molecule has 1 aliphatic heterocycles. The molecule has 3 rings (SSSR count). The molecule has 1 heterocycles. The third-order valence-electron chi connectivity index (χ3n) is 7.88. The lowest BCUT2D eigenvalue weighted by Crippen LogP contribution is -2.58. The highest BCUT2D eigenvalue weighted by Gasteiger charge is 2.50. The van der Waals surface area contributed by atoms with Gasteiger partial charge in [0.25, 0.3) is 0 Å². The third-order valence-corrected chi connectivity index (χ3v) is 7.88. The van der Waals surface area contributed by atoms with E-state index in [0.717, 1.165) is 16.7 Å². The van der Waals surface area contributed by atoms with E-state index in [1.165, 1.54) is 0 Å². The molecule has 1 fully saturated rings. The molecule has 1 saturated heterocycles. The van der Waals surface area contributed by atoms with Gasteiger partial charge < -0.3 is 26.4 Å². The maximum atomic E-state index is 13.8. The number of epoxide rings is 1. The predicted octanol–water partition coefficient (Wildman–Crippen LogP) is 3.51. The molecule has 12 heteroatoms. The first kappa shape index (κ1) is 36.2. The van der Waals surface area contributed by atoms with Crippen molar-refractivity contribution in [3.63, 3.8) is 0 Å². The number of Topliss-reactive ketones (excluding diaryl/α,β-unsaturated/α-hetero) is 1. The Balaban J connectivity index is 1.78. The summed E-state index contributed by atoms with van der Waals surface area (Å²) in [7, 11) is 0. The van der Waals surface area contributed by atoms with Crippen LogP contribution < -0.4 is 21.7 Å². The van der Waals surface area contributed by atoms with Crippen LogP contribution in [0.5, 0.6) is 0 Å². The monoisotopic (exact) mass is 633 g/mol. The molecule has 1 aliphatic rings. The quantitative estimate of drug-likeness (QED) is 0.0840. The number of rotatable bonds is 18. The molecule has 12 nitrogen and oxygen atoms in total. The van der Waals surface area contributed by atoms with Gasteiger partial charge in [0.05, 0.1) is 12.6 Å². The Hall–Kier alpha value is -4.25. The average Bonchev–Trinajstić information content (AvgIpc) is 3.78. The summed E-state index contributed by atoms with van der Waals surface area (Å²) in [6.07, 6.45) is 0.996. The van der Waals surface area contributed by atoms with Crippen LogP contribution in [0, 0.1) is 11.8 Å². The molecular weight excluding hydrogens is 586 g/mol. The molecule has 5 N–H and O–H groups in total. The normalized spacial score (nSPS) is 18.1. The van der Waals surface area contributed by atoms with Crippen molar-refractivity contribution in [2.45, 2.75) is 96.6 Å². The highest BCUT2D eigenvalue weighted by molar-refractivity contribution is 5.98. The molecule has 0 spiro atoms. The molecule has 46 heavy (non-hydrogen) atoms. The van der Waals surface area contributed by atoms with E-state index in [4.69, 9.17) is 16.0 Å². The van der Waals surface area contributed by atoms with Gasteiger partial charge in [-0.25, -0.2) is 0 Å². The van der Waals surface area contributed by atoms with Gasteiger partial charge in [0.2, 0.25) is 17.7 Å².